The number of rotatable bonds is 6. The lowest BCUT2D eigenvalue weighted by atomic mass is 10.1. The molecule has 0 aliphatic carbocycles. The lowest BCUT2D eigenvalue weighted by Crippen LogP contribution is -2.47. The van der Waals surface area contributed by atoms with Crippen LogP contribution >= 0.6 is 11.3 Å². The minimum atomic E-state index is -3.37. The number of benzene rings is 1. The van der Waals surface area contributed by atoms with Crippen molar-refractivity contribution in [2.24, 2.45) is 0 Å². The number of methoxy groups -OCH3 is 1. The van der Waals surface area contributed by atoms with Crippen LogP contribution < -0.4 is 4.74 Å². The van der Waals surface area contributed by atoms with Crippen LogP contribution in [0.25, 0.3) is 11.3 Å². The first kappa shape index (κ1) is 19.1. The number of thiophene rings is 1. The topological polar surface area (TPSA) is 75.9 Å². The summed E-state index contributed by atoms with van der Waals surface area (Å²) >= 11 is 1.26. The lowest BCUT2D eigenvalue weighted by molar-refractivity contribution is 0.166. The highest BCUT2D eigenvalue weighted by Gasteiger charge is 2.29. The van der Waals surface area contributed by atoms with E-state index in [0.29, 0.717) is 36.9 Å². The van der Waals surface area contributed by atoms with Gasteiger partial charge in [-0.15, -0.1) is 11.3 Å². The second kappa shape index (κ2) is 8.04. The molecule has 0 saturated carbocycles. The van der Waals surface area contributed by atoms with Crippen LogP contribution in [-0.4, -0.2) is 56.1 Å². The molecule has 0 bridgehead atoms. The zero-order valence-electron chi connectivity index (χ0n) is 15.4. The van der Waals surface area contributed by atoms with Crippen molar-refractivity contribution < 1.29 is 17.7 Å². The SMILES string of the molecule is COc1ccc(-c2cc(CN3CCN(S(=O)(=O)c4cccs4)CC3)on2)cc1. The Bertz CT molecular complexity index is 1010. The summed E-state index contributed by atoms with van der Waals surface area (Å²) in [5.74, 6) is 1.56. The van der Waals surface area contributed by atoms with E-state index in [4.69, 9.17) is 9.26 Å². The van der Waals surface area contributed by atoms with Crippen LogP contribution in [0.4, 0.5) is 0 Å². The van der Waals surface area contributed by atoms with Crippen LogP contribution in [0.1, 0.15) is 5.76 Å². The highest BCUT2D eigenvalue weighted by atomic mass is 32.2. The zero-order chi connectivity index (χ0) is 19.6. The fraction of sp³-hybridized carbons (Fsp3) is 0.316. The van der Waals surface area contributed by atoms with E-state index < -0.39 is 10.0 Å². The quantitative estimate of drug-likeness (QED) is 0.612. The molecule has 0 radical (unpaired) electrons. The van der Waals surface area contributed by atoms with E-state index in [1.54, 1.807) is 28.9 Å². The maximum absolute atomic E-state index is 12.6. The van der Waals surface area contributed by atoms with Crippen molar-refractivity contribution >= 4 is 21.4 Å². The van der Waals surface area contributed by atoms with Gasteiger partial charge in [0.1, 0.15) is 15.7 Å². The first-order valence-electron chi connectivity index (χ1n) is 8.92. The maximum Gasteiger partial charge on any atom is 0.252 e. The van der Waals surface area contributed by atoms with Gasteiger partial charge in [0.05, 0.1) is 13.7 Å². The third kappa shape index (κ3) is 3.97. The van der Waals surface area contributed by atoms with Crippen molar-refractivity contribution in [3.63, 3.8) is 0 Å². The number of ether oxygens (including phenoxy) is 1. The van der Waals surface area contributed by atoms with Gasteiger partial charge in [0, 0.05) is 37.8 Å². The number of hydrogen-bond acceptors (Lipinski definition) is 7. The molecule has 0 spiro atoms. The van der Waals surface area contributed by atoms with Crippen molar-refractivity contribution in [3.8, 4) is 17.0 Å². The number of piperazine rings is 1. The van der Waals surface area contributed by atoms with Gasteiger partial charge in [0.15, 0.2) is 5.76 Å². The third-order valence-electron chi connectivity index (χ3n) is 4.74. The monoisotopic (exact) mass is 419 g/mol. The molecule has 0 N–H and O–H groups in total. The Hall–Kier alpha value is -2.20. The summed E-state index contributed by atoms with van der Waals surface area (Å²) in [5.41, 5.74) is 1.74. The van der Waals surface area contributed by atoms with Gasteiger partial charge in [0.25, 0.3) is 10.0 Å². The molecular formula is C19H21N3O4S2. The van der Waals surface area contributed by atoms with E-state index in [2.05, 4.69) is 10.1 Å². The number of sulfonamides is 1. The van der Waals surface area contributed by atoms with E-state index >= 15 is 0 Å². The van der Waals surface area contributed by atoms with Crippen molar-refractivity contribution in [3.05, 3.63) is 53.6 Å². The molecule has 148 valence electrons. The summed E-state index contributed by atoms with van der Waals surface area (Å²) in [6.07, 6.45) is 0. The van der Waals surface area contributed by atoms with Crippen molar-refractivity contribution in [2.45, 2.75) is 10.8 Å². The van der Waals surface area contributed by atoms with Gasteiger partial charge in [-0.2, -0.15) is 4.31 Å². The standard InChI is InChI=1S/C19H21N3O4S2/c1-25-16-6-4-15(5-7-16)18-13-17(26-20-18)14-21-8-10-22(11-9-21)28(23,24)19-3-2-12-27-19/h2-7,12-13H,8-11,14H2,1H3. The summed E-state index contributed by atoms with van der Waals surface area (Å²) in [5, 5.41) is 5.93. The van der Waals surface area contributed by atoms with Crippen molar-refractivity contribution in [1.29, 1.82) is 0 Å². The summed E-state index contributed by atoms with van der Waals surface area (Å²) in [6, 6.07) is 13.0. The van der Waals surface area contributed by atoms with Gasteiger partial charge in [-0.05, 0) is 35.7 Å². The molecule has 0 unspecified atom stereocenters. The first-order chi connectivity index (χ1) is 13.6. The molecule has 0 amide bonds. The molecule has 4 rings (SSSR count). The van der Waals surface area contributed by atoms with Crippen LogP contribution in [0, 0.1) is 0 Å². The Labute approximate surface area is 168 Å². The molecule has 1 fully saturated rings. The normalized spacial score (nSPS) is 16.3. The second-order valence-corrected chi connectivity index (χ2v) is 9.63. The largest absolute Gasteiger partial charge is 0.497 e. The average Bonchev–Trinajstić information content (AvgIpc) is 3.41. The Morgan fingerprint density at radius 1 is 1.14 bits per heavy atom. The summed E-state index contributed by atoms with van der Waals surface area (Å²) in [6.45, 7) is 2.86. The predicted molar refractivity (Wildman–Crippen MR) is 107 cm³/mol. The van der Waals surface area contributed by atoms with Crippen molar-refractivity contribution in [1.82, 2.24) is 14.4 Å². The number of hydrogen-bond donors (Lipinski definition) is 0. The van der Waals surface area contributed by atoms with E-state index in [1.165, 1.54) is 11.3 Å². The van der Waals surface area contributed by atoms with Crippen LogP contribution in [0.15, 0.2) is 56.6 Å². The summed E-state index contributed by atoms with van der Waals surface area (Å²) < 4.78 is 37.8. The molecular weight excluding hydrogens is 398 g/mol. The first-order valence-corrected chi connectivity index (χ1v) is 11.2. The Morgan fingerprint density at radius 3 is 2.54 bits per heavy atom. The molecule has 1 aliphatic heterocycles. The molecule has 1 saturated heterocycles. The number of nitrogens with zero attached hydrogens (tertiary/aromatic N) is 3. The van der Waals surface area contributed by atoms with E-state index in [-0.39, 0.29) is 0 Å². The van der Waals surface area contributed by atoms with Crippen LogP contribution in [0.3, 0.4) is 0 Å². The van der Waals surface area contributed by atoms with Crippen LogP contribution in [0.2, 0.25) is 0 Å². The fourth-order valence-corrected chi connectivity index (χ4v) is 5.74. The summed E-state index contributed by atoms with van der Waals surface area (Å²) in [4.78, 5) is 2.18. The van der Waals surface area contributed by atoms with Gasteiger partial charge in [-0.1, -0.05) is 11.2 Å². The van der Waals surface area contributed by atoms with Gasteiger partial charge < -0.3 is 9.26 Å². The molecule has 2 aromatic heterocycles. The molecule has 1 aliphatic rings. The smallest absolute Gasteiger partial charge is 0.252 e. The zero-order valence-corrected chi connectivity index (χ0v) is 17.1. The maximum atomic E-state index is 12.6. The lowest BCUT2D eigenvalue weighted by Gasteiger charge is -2.32. The highest BCUT2D eigenvalue weighted by molar-refractivity contribution is 7.91. The molecule has 9 heteroatoms. The second-order valence-electron chi connectivity index (χ2n) is 6.52. The van der Waals surface area contributed by atoms with Crippen LogP contribution in [-0.2, 0) is 16.6 Å². The van der Waals surface area contributed by atoms with Gasteiger partial charge in [-0.25, -0.2) is 8.42 Å². The molecule has 3 heterocycles. The third-order valence-corrected chi connectivity index (χ3v) is 8.02. The minimum absolute atomic E-state index is 0.403. The Balaban J connectivity index is 1.36. The van der Waals surface area contributed by atoms with E-state index in [9.17, 15) is 8.42 Å². The molecule has 3 aromatic rings. The molecule has 1 aromatic carbocycles. The van der Waals surface area contributed by atoms with Crippen LogP contribution in [0.5, 0.6) is 5.75 Å². The van der Waals surface area contributed by atoms with Gasteiger partial charge in [-0.3, -0.25) is 4.90 Å². The predicted octanol–water partition coefficient (Wildman–Crippen LogP) is 2.92. The van der Waals surface area contributed by atoms with E-state index in [0.717, 1.165) is 22.8 Å². The van der Waals surface area contributed by atoms with Gasteiger partial charge >= 0.3 is 0 Å². The average molecular weight is 420 g/mol. The highest BCUT2D eigenvalue weighted by Crippen LogP contribution is 2.24. The molecule has 7 nitrogen and oxygen atoms in total. The molecule has 0 atom stereocenters. The summed E-state index contributed by atoms with van der Waals surface area (Å²) in [7, 11) is -1.74. The van der Waals surface area contributed by atoms with E-state index in [1.807, 2.05) is 30.3 Å². The molecule has 28 heavy (non-hydrogen) atoms. The fourth-order valence-electron chi connectivity index (χ4n) is 3.17. The minimum Gasteiger partial charge on any atom is -0.497 e. The Kier molecular flexibility index (Phi) is 5.49. The van der Waals surface area contributed by atoms with Gasteiger partial charge in [0.2, 0.25) is 0 Å². The number of aromatic nitrogens is 1. The van der Waals surface area contributed by atoms with Crippen molar-refractivity contribution in [2.75, 3.05) is 33.3 Å². The Morgan fingerprint density at radius 2 is 1.89 bits per heavy atom.